The predicted octanol–water partition coefficient (Wildman–Crippen LogP) is 3.11. The Labute approximate surface area is 140 Å². The van der Waals surface area contributed by atoms with Crippen LogP contribution in [-0.4, -0.2) is 28.9 Å². The van der Waals surface area contributed by atoms with Gasteiger partial charge in [0.15, 0.2) is 6.61 Å². The lowest BCUT2D eigenvalue weighted by Crippen LogP contribution is -2.10. The quantitative estimate of drug-likeness (QED) is 0.610. The highest BCUT2D eigenvalue weighted by molar-refractivity contribution is 5.78. The van der Waals surface area contributed by atoms with E-state index in [9.17, 15) is 18.0 Å². The maximum Gasteiger partial charge on any atom is 0.416 e. The third kappa shape index (κ3) is 6.13. The molecule has 0 amide bonds. The molecule has 0 spiro atoms. The molecule has 6 nitrogen and oxygen atoms in total. The van der Waals surface area contributed by atoms with Crippen LogP contribution in [0, 0.1) is 0 Å². The van der Waals surface area contributed by atoms with Gasteiger partial charge in [-0.15, -0.1) is 0 Å². The molecule has 0 unspecified atom stereocenters. The first-order chi connectivity index (χ1) is 11.8. The number of oxime groups is 1. The average molecular weight is 354 g/mol. The molecule has 2 aromatic rings. The summed E-state index contributed by atoms with van der Waals surface area (Å²) in [7, 11) is 0. The number of carboxylic acid groups (broad SMARTS) is 1. The van der Waals surface area contributed by atoms with Crippen molar-refractivity contribution in [2.45, 2.75) is 12.8 Å². The van der Waals surface area contributed by atoms with E-state index in [1.54, 1.807) is 6.07 Å². The second-order valence-electron chi connectivity index (χ2n) is 4.81. The molecule has 0 atom stereocenters. The standard InChI is InChI=1S/C16H13F3N2O4/c17-16(18,19)13-4-1-11(2-5-13)9-25-21-8-12-3-6-14(20-7-12)24-10-15(22)23/h1-8H,9-10H2,(H,22,23)/b21-8+. The maximum absolute atomic E-state index is 12.4. The fraction of sp³-hybridized carbons (Fsp3) is 0.188. The Morgan fingerprint density at radius 2 is 1.92 bits per heavy atom. The third-order valence-corrected chi connectivity index (χ3v) is 2.89. The monoisotopic (exact) mass is 354 g/mol. The number of alkyl halides is 3. The molecule has 1 heterocycles. The Balaban J connectivity index is 1.82. The minimum absolute atomic E-state index is 0.0157. The van der Waals surface area contributed by atoms with Crippen LogP contribution < -0.4 is 4.74 Å². The van der Waals surface area contributed by atoms with Gasteiger partial charge in [-0.25, -0.2) is 9.78 Å². The van der Waals surface area contributed by atoms with Crippen molar-refractivity contribution in [1.82, 2.24) is 4.98 Å². The van der Waals surface area contributed by atoms with Gasteiger partial charge in [0.25, 0.3) is 0 Å². The summed E-state index contributed by atoms with van der Waals surface area (Å²) in [6, 6.07) is 7.64. The lowest BCUT2D eigenvalue weighted by Gasteiger charge is -2.07. The van der Waals surface area contributed by atoms with E-state index in [-0.39, 0.29) is 12.5 Å². The highest BCUT2D eigenvalue weighted by Gasteiger charge is 2.29. The molecule has 0 bridgehead atoms. The average Bonchev–Trinajstić information content (AvgIpc) is 2.57. The molecule has 0 radical (unpaired) electrons. The molecule has 1 N–H and O–H groups in total. The van der Waals surface area contributed by atoms with Crippen molar-refractivity contribution in [3.8, 4) is 5.88 Å². The van der Waals surface area contributed by atoms with E-state index in [1.807, 2.05) is 0 Å². The molecule has 0 fully saturated rings. The van der Waals surface area contributed by atoms with Crippen molar-refractivity contribution >= 4 is 12.2 Å². The van der Waals surface area contributed by atoms with Gasteiger partial charge in [-0.3, -0.25) is 0 Å². The van der Waals surface area contributed by atoms with E-state index >= 15 is 0 Å². The fourth-order valence-electron chi connectivity index (χ4n) is 1.69. The smallest absolute Gasteiger partial charge is 0.416 e. The van der Waals surface area contributed by atoms with Crippen LogP contribution in [0.3, 0.4) is 0 Å². The zero-order valence-corrected chi connectivity index (χ0v) is 12.7. The molecular formula is C16H13F3N2O4. The molecule has 25 heavy (non-hydrogen) atoms. The Morgan fingerprint density at radius 3 is 2.48 bits per heavy atom. The van der Waals surface area contributed by atoms with Crippen molar-refractivity contribution in [2.24, 2.45) is 5.16 Å². The first kappa shape index (κ1) is 18.2. The molecule has 132 valence electrons. The van der Waals surface area contributed by atoms with E-state index in [0.29, 0.717) is 11.1 Å². The number of halogens is 3. The zero-order chi connectivity index (χ0) is 18.3. The summed E-state index contributed by atoms with van der Waals surface area (Å²) in [5, 5.41) is 12.2. The molecule has 0 aliphatic carbocycles. The van der Waals surface area contributed by atoms with Gasteiger partial charge >= 0.3 is 12.1 Å². The van der Waals surface area contributed by atoms with E-state index in [0.717, 1.165) is 12.1 Å². The van der Waals surface area contributed by atoms with Crippen molar-refractivity contribution in [3.05, 3.63) is 59.3 Å². The second-order valence-corrected chi connectivity index (χ2v) is 4.81. The summed E-state index contributed by atoms with van der Waals surface area (Å²) in [6.07, 6.45) is -1.61. The number of aliphatic carboxylic acids is 1. The highest BCUT2D eigenvalue weighted by Crippen LogP contribution is 2.29. The second kappa shape index (κ2) is 8.13. The van der Waals surface area contributed by atoms with E-state index in [4.69, 9.17) is 14.7 Å². The molecule has 0 saturated heterocycles. The van der Waals surface area contributed by atoms with Gasteiger partial charge in [0.1, 0.15) is 6.61 Å². The van der Waals surface area contributed by atoms with Crippen LogP contribution in [0.2, 0.25) is 0 Å². The van der Waals surface area contributed by atoms with E-state index in [2.05, 4.69) is 10.1 Å². The van der Waals surface area contributed by atoms with Gasteiger partial charge in [0.2, 0.25) is 5.88 Å². The van der Waals surface area contributed by atoms with Crippen LogP contribution >= 0.6 is 0 Å². The Hall–Kier alpha value is -3.10. The zero-order valence-electron chi connectivity index (χ0n) is 12.7. The molecule has 1 aromatic carbocycles. The Kier molecular flexibility index (Phi) is 5.93. The van der Waals surface area contributed by atoms with Gasteiger partial charge in [0, 0.05) is 17.8 Å². The van der Waals surface area contributed by atoms with Crippen LogP contribution in [0.5, 0.6) is 5.88 Å². The van der Waals surface area contributed by atoms with Gasteiger partial charge in [-0.05, 0) is 23.8 Å². The van der Waals surface area contributed by atoms with Crippen molar-refractivity contribution in [3.63, 3.8) is 0 Å². The molecule has 2 rings (SSSR count). The van der Waals surface area contributed by atoms with Crippen molar-refractivity contribution in [2.75, 3.05) is 6.61 Å². The normalized spacial score (nSPS) is 11.5. The van der Waals surface area contributed by atoms with Gasteiger partial charge in [0.05, 0.1) is 11.8 Å². The van der Waals surface area contributed by atoms with Gasteiger partial charge in [-0.1, -0.05) is 17.3 Å². The van der Waals surface area contributed by atoms with Gasteiger partial charge in [-0.2, -0.15) is 13.2 Å². The number of pyridine rings is 1. The lowest BCUT2D eigenvalue weighted by molar-refractivity contribution is -0.139. The summed E-state index contributed by atoms with van der Waals surface area (Å²) in [6.45, 7) is -0.474. The highest BCUT2D eigenvalue weighted by atomic mass is 19.4. The van der Waals surface area contributed by atoms with Crippen LogP contribution in [0.15, 0.2) is 47.8 Å². The number of hydrogen-bond acceptors (Lipinski definition) is 5. The Morgan fingerprint density at radius 1 is 1.20 bits per heavy atom. The molecule has 0 aliphatic rings. The van der Waals surface area contributed by atoms with E-state index < -0.39 is 24.3 Å². The summed E-state index contributed by atoms with van der Waals surface area (Å²) in [4.78, 5) is 19.2. The van der Waals surface area contributed by atoms with Crippen LogP contribution in [-0.2, 0) is 22.4 Å². The topological polar surface area (TPSA) is 81.0 Å². The Bertz CT molecular complexity index is 729. The van der Waals surface area contributed by atoms with Crippen molar-refractivity contribution in [1.29, 1.82) is 0 Å². The largest absolute Gasteiger partial charge is 0.479 e. The number of nitrogens with zero attached hydrogens (tertiary/aromatic N) is 2. The number of carboxylic acids is 1. The number of benzene rings is 1. The van der Waals surface area contributed by atoms with Crippen LogP contribution in [0.25, 0.3) is 0 Å². The van der Waals surface area contributed by atoms with Crippen LogP contribution in [0.1, 0.15) is 16.7 Å². The number of carbonyl (C=O) groups is 1. The summed E-state index contributed by atoms with van der Waals surface area (Å²) in [5.41, 5.74) is 0.395. The minimum Gasteiger partial charge on any atom is -0.479 e. The molecule has 0 aliphatic heterocycles. The number of ether oxygens (including phenoxy) is 1. The van der Waals surface area contributed by atoms with Crippen LogP contribution in [0.4, 0.5) is 13.2 Å². The molecule has 0 saturated carbocycles. The molecular weight excluding hydrogens is 341 g/mol. The van der Waals surface area contributed by atoms with Gasteiger partial charge < -0.3 is 14.7 Å². The number of rotatable bonds is 7. The SMILES string of the molecule is O=C(O)COc1ccc(/C=N/OCc2ccc(C(F)(F)F)cc2)cn1. The first-order valence-electron chi connectivity index (χ1n) is 6.97. The fourth-order valence-corrected chi connectivity index (χ4v) is 1.69. The van der Waals surface area contributed by atoms with E-state index in [1.165, 1.54) is 30.6 Å². The predicted molar refractivity (Wildman–Crippen MR) is 81.2 cm³/mol. The van der Waals surface area contributed by atoms with Crippen molar-refractivity contribution < 1.29 is 32.6 Å². The first-order valence-corrected chi connectivity index (χ1v) is 6.97. The molecule has 9 heteroatoms. The lowest BCUT2D eigenvalue weighted by atomic mass is 10.1. The summed E-state index contributed by atoms with van der Waals surface area (Å²) < 4.78 is 42.2. The minimum atomic E-state index is -4.37. The number of hydrogen-bond donors (Lipinski definition) is 1. The summed E-state index contributed by atoms with van der Waals surface area (Å²) >= 11 is 0. The number of aromatic nitrogens is 1. The molecule has 1 aromatic heterocycles. The summed E-state index contributed by atoms with van der Waals surface area (Å²) in [5.74, 6) is -0.950. The third-order valence-electron chi connectivity index (χ3n) is 2.89. The maximum atomic E-state index is 12.4.